The summed E-state index contributed by atoms with van der Waals surface area (Å²) in [6.07, 6.45) is 4.09. The van der Waals surface area contributed by atoms with Crippen molar-refractivity contribution in [1.29, 1.82) is 0 Å². The second-order valence-electron chi connectivity index (χ2n) is 4.00. The van der Waals surface area contributed by atoms with E-state index in [0.29, 0.717) is 0 Å². The monoisotopic (exact) mass is 364 g/mol. The highest BCUT2D eigenvalue weighted by Gasteiger charge is 2.05. The summed E-state index contributed by atoms with van der Waals surface area (Å²) in [7, 11) is 3.29. The van der Waals surface area contributed by atoms with Crippen molar-refractivity contribution in [2.75, 3.05) is 12.5 Å². The van der Waals surface area contributed by atoms with Crippen LogP contribution in [0.3, 0.4) is 0 Å². The summed E-state index contributed by atoms with van der Waals surface area (Å²) in [5.74, 6) is 0. The second-order valence-corrected chi connectivity index (χ2v) is 8.21. The lowest BCUT2D eigenvalue weighted by Gasteiger charge is -2.04. The van der Waals surface area contributed by atoms with Gasteiger partial charge in [0.2, 0.25) is 0 Å². The zero-order valence-electron chi connectivity index (χ0n) is 12.3. The van der Waals surface area contributed by atoms with Crippen LogP contribution >= 0.6 is 45.1 Å². The van der Waals surface area contributed by atoms with Gasteiger partial charge in [-0.15, -0.1) is 23.5 Å². The molecule has 2 aromatic rings. The maximum atomic E-state index is 4.65. The molecule has 114 valence electrons. The Morgan fingerprint density at radius 1 is 0.636 bits per heavy atom. The smallest absolute Gasteiger partial charge is 0.141 e. The first-order chi connectivity index (χ1) is 10.8. The predicted octanol–water partition coefficient (Wildman–Crippen LogP) is 6.47. The van der Waals surface area contributed by atoms with Crippen molar-refractivity contribution in [3.8, 4) is 0 Å². The molecule has 6 heteroatoms. The molecule has 0 saturated heterocycles. The Kier molecular flexibility index (Phi) is 8.01. The van der Waals surface area contributed by atoms with Gasteiger partial charge in [-0.2, -0.15) is 0 Å². The van der Waals surface area contributed by atoms with E-state index in [1.54, 1.807) is 45.1 Å². The van der Waals surface area contributed by atoms with E-state index in [1.807, 2.05) is 73.2 Å². The van der Waals surface area contributed by atoms with E-state index in [-0.39, 0.29) is 0 Å². The van der Waals surface area contributed by atoms with Gasteiger partial charge in [-0.3, -0.25) is 0 Å². The van der Waals surface area contributed by atoms with Crippen LogP contribution in [0.5, 0.6) is 0 Å². The fraction of sp³-hybridized carbons (Fsp3) is 0.125. The van der Waals surface area contributed by atoms with E-state index >= 15 is 0 Å². The Morgan fingerprint density at radius 3 is 1.32 bits per heavy atom. The molecule has 0 aromatic heterocycles. The Balaban J connectivity index is 2.02. The minimum atomic E-state index is 0.977. The molecule has 0 unspecified atom stereocenters. The molecule has 0 aliphatic heterocycles. The Bertz CT molecular complexity index is 570. The van der Waals surface area contributed by atoms with Gasteiger partial charge in [0.15, 0.2) is 0 Å². The molecule has 0 radical (unpaired) electrons. The third-order valence-electron chi connectivity index (χ3n) is 2.49. The van der Waals surface area contributed by atoms with Crippen LogP contribution in [0.25, 0.3) is 0 Å². The maximum Gasteiger partial charge on any atom is 0.141 e. The largest absolute Gasteiger partial charge is 0.234 e. The lowest BCUT2D eigenvalue weighted by molar-refractivity contribution is 1.55. The summed E-state index contributed by atoms with van der Waals surface area (Å²) in [6.45, 7) is 0. The zero-order valence-corrected chi connectivity index (χ0v) is 15.6. The molecule has 0 heterocycles. The van der Waals surface area contributed by atoms with Crippen LogP contribution in [0.1, 0.15) is 0 Å². The van der Waals surface area contributed by atoms with Gasteiger partial charge < -0.3 is 0 Å². The third-order valence-corrected chi connectivity index (χ3v) is 7.25. The van der Waals surface area contributed by atoms with E-state index in [9.17, 15) is 0 Å². The molecule has 0 aliphatic carbocycles. The van der Waals surface area contributed by atoms with E-state index < -0.39 is 0 Å². The SMILES string of the molecule is CSC(=Nc1ccccc1)SSC(=Nc1ccccc1)SC. The topological polar surface area (TPSA) is 24.7 Å². The summed E-state index contributed by atoms with van der Waals surface area (Å²) in [4.78, 5) is 9.30. The first-order valence-corrected chi connectivity index (χ1v) is 11.1. The summed E-state index contributed by atoms with van der Waals surface area (Å²) in [6, 6.07) is 20.0. The van der Waals surface area contributed by atoms with Crippen LogP contribution in [0.4, 0.5) is 11.4 Å². The van der Waals surface area contributed by atoms with Crippen LogP contribution < -0.4 is 0 Å². The Hall–Kier alpha value is -0.820. The summed E-state index contributed by atoms with van der Waals surface area (Å²) in [5.41, 5.74) is 1.95. The predicted molar refractivity (Wildman–Crippen MR) is 109 cm³/mol. The van der Waals surface area contributed by atoms with Crippen molar-refractivity contribution in [2.45, 2.75) is 0 Å². The standard InChI is InChI=1S/C16H16N2S4/c1-19-15(17-13-9-5-3-6-10-13)21-22-16(20-2)18-14-11-7-4-8-12-14/h3-12H,1-2H3. The van der Waals surface area contributed by atoms with Gasteiger partial charge in [0.05, 0.1) is 11.4 Å². The first-order valence-electron chi connectivity index (χ1n) is 6.52. The van der Waals surface area contributed by atoms with Crippen LogP contribution in [0.15, 0.2) is 70.6 Å². The quantitative estimate of drug-likeness (QED) is 0.346. The average molecular weight is 365 g/mol. The van der Waals surface area contributed by atoms with Crippen LogP contribution in [0, 0.1) is 0 Å². The molecule has 0 bridgehead atoms. The maximum absolute atomic E-state index is 4.65. The Labute approximate surface area is 148 Å². The van der Waals surface area contributed by atoms with Gasteiger partial charge in [-0.05, 0) is 58.4 Å². The molecule has 2 rings (SSSR count). The normalized spacial score (nSPS) is 12.5. The van der Waals surface area contributed by atoms with Gasteiger partial charge >= 0.3 is 0 Å². The van der Waals surface area contributed by atoms with Gasteiger partial charge in [-0.1, -0.05) is 36.4 Å². The van der Waals surface area contributed by atoms with E-state index in [0.717, 1.165) is 20.1 Å². The molecule has 0 fully saturated rings. The molecule has 2 aromatic carbocycles. The fourth-order valence-corrected chi connectivity index (χ4v) is 5.34. The molecular weight excluding hydrogens is 348 g/mol. The summed E-state index contributed by atoms with van der Waals surface area (Å²) < 4.78 is 2.04. The lowest BCUT2D eigenvalue weighted by atomic mass is 10.3. The van der Waals surface area contributed by atoms with E-state index in [2.05, 4.69) is 9.98 Å². The van der Waals surface area contributed by atoms with Gasteiger partial charge in [0, 0.05) is 0 Å². The van der Waals surface area contributed by atoms with Crippen molar-refractivity contribution in [1.82, 2.24) is 0 Å². The average Bonchev–Trinajstić information content (AvgIpc) is 2.59. The molecule has 2 nitrogen and oxygen atoms in total. The minimum Gasteiger partial charge on any atom is -0.234 e. The number of thioether (sulfide) groups is 2. The third kappa shape index (κ3) is 6.12. The van der Waals surface area contributed by atoms with Crippen molar-refractivity contribution in [3.05, 3.63) is 60.7 Å². The number of aliphatic imine (C=N–C) groups is 2. The number of nitrogens with zero attached hydrogens (tertiary/aromatic N) is 2. The van der Waals surface area contributed by atoms with Crippen molar-refractivity contribution < 1.29 is 0 Å². The van der Waals surface area contributed by atoms with Gasteiger partial charge in [0.25, 0.3) is 0 Å². The van der Waals surface area contributed by atoms with Gasteiger partial charge in [-0.25, -0.2) is 9.98 Å². The van der Waals surface area contributed by atoms with Crippen molar-refractivity contribution in [2.24, 2.45) is 9.98 Å². The molecule has 0 atom stereocenters. The zero-order chi connectivity index (χ0) is 15.6. The molecule has 22 heavy (non-hydrogen) atoms. The number of rotatable bonds is 2. The van der Waals surface area contributed by atoms with Crippen LogP contribution in [-0.4, -0.2) is 21.3 Å². The van der Waals surface area contributed by atoms with E-state index in [1.165, 1.54) is 0 Å². The fourth-order valence-electron chi connectivity index (χ4n) is 1.48. The Morgan fingerprint density at radius 2 is 1.00 bits per heavy atom. The molecule has 0 saturated carbocycles. The lowest BCUT2D eigenvalue weighted by Crippen LogP contribution is -1.85. The van der Waals surface area contributed by atoms with Crippen molar-refractivity contribution >= 4 is 65.2 Å². The minimum absolute atomic E-state index is 0.977. The second kappa shape index (κ2) is 10.0. The van der Waals surface area contributed by atoms with E-state index in [4.69, 9.17) is 0 Å². The summed E-state index contributed by atoms with van der Waals surface area (Å²) >= 11 is 3.30. The highest BCUT2D eigenvalue weighted by molar-refractivity contribution is 8.93. The molecular formula is C16H16N2S4. The number of benzene rings is 2. The van der Waals surface area contributed by atoms with Gasteiger partial charge in [0.1, 0.15) is 8.75 Å². The van der Waals surface area contributed by atoms with Crippen LogP contribution in [0.2, 0.25) is 0 Å². The molecule has 0 aliphatic rings. The highest BCUT2D eigenvalue weighted by atomic mass is 33.1. The molecule has 0 spiro atoms. The molecule has 0 N–H and O–H groups in total. The highest BCUT2D eigenvalue weighted by Crippen LogP contribution is 2.35. The van der Waals surface area contributed by atoms with Crippen LogP contribution in [-0.2, 0) is 0 Å². The first kappa shape index (κ1) is 17.5. The number of hydrogen-bond acceptors (Lipinski definition) is 6. The number of hydrogen-bond donors (Lipinski definition) is 0. The summed E-state index contributed by atoms with van der Waals surface area (Å²) in [5, 5.41) is 0. The van der Waals surface area contributed by atoms with Crippen molar-refractivity contribution in [3.63, 3.8) is 0 Å². The molecule has 0 amide bonds. The number of para-hydroxylation sites is 2.